The molecule has 12 heteroatoms. The summed E-state index contributed by atoms with van der Waals surface area (Å²) >= 11 is 0. The summed E-state index contributed by atoms with van der Waals surface area (Å²) in [5.74, 6) is -3.18. The molecule has 0 spiro atoms. The Labute approximate surface area is 200 Å². The van der Waals surface area contributed by atoms with Gasteiger partial charge in [0, 0.05) is 37.3 Å². The zero-order valence-electron chi connectivity index (χ0n) is 19.5. The highest BCUT2D eigenvalue weighted by atomic mass is 19.3. The largest absolute Gasteiger partial charge is 0.379 e. The van der Waals surface area contributed by atoms with Crippen LogP contribution < -0.4 is 15.8 Å². The van der Waals surface area contributed by atoms with Crippen LogP contribution in [0.25, 0.3) is 0 Å². The SMILES string of the molecule is Cc1c(N[C@@H](C)CO[C@@H]2CCN([C@H]3CCN(c4ccc(C#N)cn4)CC3(F)F)C2=O)cn[nH]c1=O. The van der Waals surface area contributed by atoms with Gasteiger partial charge in [0.25, 0.3) is 17.4 Å². The van der Waals surface area contributed by atoms with Crippen molar-refractivity contribution in [2.24, 2.45) is 0 Å². The third-order valence-electron chi connectivity index (χ3n) is 6.38. The number of nitrogens with zero attached hydrogens (tertiary/aromatic N) is 5. The molecule has 2 fully saturated rings. The van der Waals surface area contributed by atoms with Gasteiger partial charge < -0.3 is 19.9 Å². The van der Waals surface area contributed by atoms with Crippen LogP contribution in [0.1, 0.15) is 30.9 Å². The first kappa shape index (κ1) is 24.5. The normalized spacial score (nSPS) is 22.7. The van der Waals surface area contributed by atoms with Gasteiger partial charge in [0.2, 0.25) is 0 Å². The lowest BCUT2D eigenvalue weighted by Crippen LogP contribution is -2.59. The highest BCUT2D eigenvalue weighted by Gasteiger charge is 2.51. The van der Waals surface area contributed by atoms with Gasteiger partial charge >= 0.3 is 0 Å². The summed E-state index contributed by atoms with van der Waals surface area (Å²) in [5.41, 5.74) is 1.11. The molecule has 0 aromatic carbocycles. The van der Waals surface area contributed by atoms with Crippen molar-refractivity contribution >= 4 is 17.4 Å². The molecule has 3 atom stereocenters. The van der Waals surface area contributed by atoms with E-state index in [-0.39, 0.29) is 31.2 Å². The second-order valence-corrected chi connectivity index (χ2v) is 8.93. The number of carbonyl (C=O) groups excluding carboxylic acids is 1. The molecule has 2 aliphatic heterocycles. The van der Waals surface area contributed by atoms with E-state index in [1.54, 1.807) is 19.1 Å². The number of aromatic nitrogens is 3. The number of halogens is 2. The number of alkyl halides is 2. The Hall–Kier alpha value is -3.59. The second-order valence-electron chi connectivity index (χ2n) is 8.93. The fourth-order valence-electron chi connectivity index (χ4n) is 4.46. The number of hydrogen-bond acceptors (Lipinski definition) is 8. The van der Waals surface area contributed by atoms with E-state index in [0.717, 1.165) is 0 Å². The monoisotopic (exact) mass is 487 g/mol. The van der Waals surface area contributed by atoms with Crippen molar-refractivity contribution in [3.63, 3.8) is 0 Å². The average Bonchev–Trinajstić information content (AvgIpc) is 3.20. The summed E-state index contributed by atoms with van der Waals surface area (Å²) < 4.78 is 36.0. The maximum Gasteiger partial charge on any atom is 0.285 e. The van der Waals surface area contributed by atoms with Crippen molar-refractivity contribution in [3.8, 4) is 6.07 Å². The van der Waals surface area contributed by atoms with Gasteiger partial charge in [-0.1, -0.05) is 0 Å². The van der Waals surface area contributed by atoms with Crippen molar-refractivity contribution in [2.45, 2.75) is 50.8 Å². The number of rotatable bonds is 7. The third-order valence-corrected chi connectivity index (χ3v) is 6.38. The Morgan fingerprint density at radius 3 is 2.80 bits per heavy atom. The number of aromatic amines is 1. The lowest BCUT2D eigenvalue weighted by molar-refractivity contribution is -0.149. The summed E-state index contributed by atoms with van der Waals surface area (Å²) in [6, 6.07) is 3.61. The highest BCUT2D eigenvalue weighted by molar-refractivity contribution is 5.83. The molecule has 2 aromatic rings. The van der Waals surface area contributed by atoms with E-state index >= 15 is 8.78 Å². The molecule has 1 amide bonds. The van der Waals surface area contributed by atoms with Crippen LogP contribution in [0, 0.1) is 18.3 Å². The lowest BCUT2D eigenvalue weighted by Gasteiger charge is -2.42. The number of likely N-dealkylation sites (tertiary alicyclic amines) is 1. The zero-order valence-corrected chi connectivity index (χ0v) is 19.5. The molecule has 2 saturated heterocycles. The van der Waals surface area contributed by atoms with Crippen LogP contribution in [0.5, 0.6) is 0 Å². The maximum absolute atomic E-state index is 15.1. The van der Waals surface area contributed by atoms with E-state index in [4.69, 9.17) is 10.00 Å². The number of carbonyl (C=O) groups is 1. The quantitative estimate of drug-likeness (QED) is 0.604. The molecule has 0 radical (unpaired) electrons. The Morgan fingerprint density at radius 1 is 1.31 bits per heavy atom. The molecule has 0 saturated carbocycles. The lowest BCUT2D eigenvalue weighted by atomic mass is 9.99. The van der Waals surface area contributed by atoms with Crippen molar-refractivity contribution in [1.82, 2.24) is 20.1 Å². The Morgan fingerprint density at radius 2 is 2.11 bits per heavy atom. The van der Waals surface area contributed by atoms with Crippen molar-refractivity contribution < 1.29 is 18.3 Å². The van der Waals surface area contributed by atoms with E-state index < -0.39 is 30.5 Å². The predicted molar refractivity (Wildman–Crippen MR) is 123 cm³/mol. The van der Waals surface area contributed by atoms with Gasteiger partial charge in [-0.25, -0.2) is 18.9 Å². The number of pyridine rings is 1. The molecule has 0 unspecified atom stereocenters. The molecule has 186 valence electrons. The van der Waals surface area contributed by atoms with Crippen LogP contribution >= 0.6 is 0 Å². The number of nitriles is 1. The zero-order chi connectivity index (χ0) is 25.2. The van der Waals surface area contributed by atoms with Gasteiger partial charge in [0.05, 0.1) is 36.6 Å². The summed E-state index contributed by atoms with van der Waals surface area (Å²) in [6.07, 6.45) is 2.50. The van der Waals surface area contributed by atoms with Gasteiger partial charge in [0.15, 0.2) is 0 Å². The molecule has 0 aliphatic carbocycles. The predicted octanol–water partition coefficient (Wildman–Crippen LogP) is 1.68. The molecule has 2 N–H and O–H groups in total. The molecular weight excluding hydrogens is 460 g/mol. The number of hydrogen-bond donors (Lipinski definition) is 2. The van der Waals surface area contributed by atoms with Crippen LogP contribution in [0.3, 0.4) is 0 Å². The average molecular weight is 488 g/mol. The molecular formula is C23H27F2N7O3. The molecule has 2 aliphatic rings. The minimum Gasteiger partial charge on any atom is -0.379 e. The Kier molecular flexibility index (Phi) is 6.98. The van der Waals surface area contributed by atoms with Gasteiger partial charge in [-0.3, -0.25) is 9.59 Å². The molecule has 35 heavy (non-hydrogen) atoms. The smallest absolute Gasteiger partial charge is 0.285 e. The molecule has 2 aromatic heterocycles. The molecule has 4 heterocycles. The highest BCUT2D eigenvalue weighted by Crippen LogP contribution is 2.35. The van der Waals surface area contributed by atoms with Gasteiger partial charge in [-0.2, -0.15) is 10.4 Å². The third kappa shape index (κ3) is 5.24. The molecule has 4 rings (SSSR count). The first-order valence-electron chi connectivity index (χ1n) is 11.4. The van der Waals surface area contributed by atoms with Crippen LogP contribution in [-0.4, -0.2) is 76.3 Å². The van der Waals surface area contributed by atoms with Crippen molar-refractivity contribution in [1.29, 1.82) is 5.26 Å². The van der Waals surface area contributed by atoms with E-state index in [9.17, 15) is 9.59 Å². The number of amides is 1. The Balaban J connectivity index is 1.32. The summed E-state index contributed by atoms with van der Waals surface area (Å²) in [5, 5.41) is 18.1. The maximum atomic E-state index is 15.1. The standard InChI is InChI=1S/C23H27F2N7O3/c1-14(29-17-11-28-30-21(33)15(17)2)12-35-18-5-8-32(22(18)34)19-6-7-31(13-23(19,24)25)20-4-3-16(9-26)10-27-20/h3-4,10-11,14,18-19H,5-8,12-13H2,1-2H3,(H2,29,30,33)/t14-,18+,19-/m0/s1. The summed E-state index contributed by atoms with van der Waals surface area (Å²) in [6.45, 7) is 3.62. The summed E-state index contributed by atoms with van der Waals surface area (Å²) in [4.78, 5) is 31.4. The van der Waals surface area contributed by atoms with E-state index in [0.29, 0.717) is 35.6 Å². The molecule has 10 nitrogen and oxygen atoms in total. The van der Waals surface area contributed by atoms with Crippen molar-refractivity contribution in [3.05, 3.63) is 46.0 Å². The van der Waals surface area contributed by atoms with Gasteiger partial charge in [0.1, 0.15) is 18.0 Å². The topological polar surface area (TPSA) is 127 Å². The van der Waals surface area contributed by atoms with Crippen LogP contribution in [-0.2, 0) is 9.53 Å². The van der Waals surface area contributed by atoms with E-state index in [2.05, 4.69) is 20.5 Å². The van der Waals surface area contributed by atoms with Crippen LogP contribution in [0.15, 0.2) is 29.3 Å². The number of H-pyrrole nitrogens is 1. The van der Waals surface area contributed by atoms with Gasteiger partial charge in [-0.15, -0.1) is 0 Å². The first-order chi connectivity index (χ1) is 16.7. The minimum absolute atomic E-state index is 0.0972. The molecule has 0 bridgehead atoms. The fraction of sp³-hybridized carbons (Fsp3) is 0.522. The van der Waals surface area contributed by atoms with E-state index in [1.807, 2.05) is 13.0 Å². The minimum atomic E-state index is -3.13. The van der Waals surface area contributed by atoms with Crippen LogP contribution in [0.4, 0.5) is 20.3 Å². The number of ether oxygens (including phenoxy) is 1. The Bertz CT molecular complexity index is 1160. The number of piperidine rings is 1. The number of anilines is 2. The number of nitrogens with one attached hydrogen (secondary N) is 2. The summed E-state index contributed by atoms with van der Waals surface area (Å²) in [7, 11) is 0. The van der Waals surface area contributed by atoms with Crippen molar-refractivity contribution in [2.75, 3.05) is 36.5 Å². The van der Waals surface area contributed by atoms with E-state index in [1.165, 1.54) is 22.2 Å². The second kappa shape index (κ2) is 9.95. The first-order valence-corrected chi connectivity index (χ1v) is 11.4. The van der Waals surface area contributed by atoms with Gasteiger partial charge in [-0.05, 0) is 32.4 Å². The van der Waals surface area contributed by atoms with Crippen LogP contribution in [0.2, 0.25) is 0 Å². The fourth-order valence-corrected chi connectivity index (χ4v) is 4.46.